The van der Waals surface area contributed by atoms with Crippen molar-refractivity contribution in [1.29, 1.82) is 0 Å². The summed E-state index contributed by atoms with van der Waals surface area (Å²) < 4.78 is 5.28. The van der Waals surface area contributed by atoms with Gasteiger partial charge in [-0.2, -0.15) is 0 Å². The van der Waals surface area contributed by atoms with E-state index in [0.717, 1.165) is 43.2 Å². The maximum Gasteiger partial charge on any atom is 0.246 e. The van der Waals surface area contributed by atoms with Crippen LogP contribution in [-0.2, 0) is 4.79 Å². The molecule has 0 unspecified atom stereocenters. The van der Waals surface area contributed by atoms with Crippen molar-refractivity contribution >= 4 is 17.3 Å². The number of benzene rings is 3. The summed E-state index contributed by atoms with van der Waals surface area (Å²) in [6, 6.07) is 27.6. The Morgan fingerprint density at radius 3 is 2.20 bits per heavy atom. The van der Waals surface area contributed by atoms with Gasteiger partial charge >= 0.3 is 0 Å². The number of amides is 1. The van der Waals surface area contributed by atoms with E-state index in [9.17, 15) is 4.79 Å². The second kappa shape index (κ2) is 9.46. The molecule has 0 aliphatic carbocycles. The summed E-state index contributed by atoms with van der Waals surface area (Å²) >= 11 is 0. The molecule has 3 aromatic carbocycles. The highest BCUT2D eigenvalue weighted by molar-refractivity contribution is 5.95. The lowest BCUT2D eigenvalue weighted by Gasteiger charge is -2.39. The highest BCUT2D eigenvalue weighted by Crippen LogP contribution is 2.26. The number of ether oxygens (including phenoxy) is 1. The minimum absolute atomic E-state index is 0.0254. The number of anilines is 2. The molecule has 1 atom stereocenters. The van der Waals surface area contributed by atoms with Crippen LogP contribution in [0, 0.1) is 0 Å². The minimum Gasteiger partial charge on any atom is -0.497 e. The van der Waals surface area contributed by atoms with Gasteiger partial charge in [0.1, 0.15) is 11.8 Å². The summed E-state index contributed by atoms with van der Waals surface area (Å²) in [5.74, 6) is 0.697. The van der Waals surface area contributed by atoms with Crippen LogP contribution in [0.25, 0.3) is 0 Å². The van der Waals surface area contributed by atoms with Gasteiger partial charge < -0.3 is 15.0 Å². The topological polar surface area (TPSA) is 44.8 Å². The van der Waals surface area contributed by atoms with E-state index in [1.165, 1.54) is 5.69 Å². The molecule has 4 rings (SSSR count). The fourth-order valence-corrected chi connectivity index (χ4v) is 3.95. The molecular weight excluding hydrogens is 374 g/mol. The van der Waals surface area contributed by atoms with Gasteiger partial charge in [-0.05, 0) is 29.8 Å². The van der Waals surface area contributed by atoms with Crippen LogP contribution in [0.2, 0.25) is 0 Å². The smallest absolute Gasteiger partial charge is 0.246 e. The van der Waals surface area contributed by atoms with E-state index in [0.29, 0.717) is 0 Å². The summed E-state index contributed by atoms with van der Waals surface area (Å²) in [6.45, 7) is 3.42. The van der Waals surface area contributed by atoms with Crippen molar-refractivity contribution < 1.29 is 9.53 Å². The van der Waals surface area contributed by atoms with Crippen molar-refractivity contribution in [2.75, 3.05) is 43.5 Å². The fraction of sp³-hybridized carbons (Fsp3) is 0.240. The van der Waals surface area contributed by atoms with Gasteiger partial charge in [0.2, 0.25) is 5.91 Å². The van der Waals surface area contributed by atoms with Crippen LogP contribution in [-0.4, -0.2) is 44.1 Å². The van der Waals surface area contributed by atoms with Gasteiger partial charge in [0, 0.05) is 43.6 Å². The molecule has 1 heterocycles. The van der Waals surface area contributed by atoms with Gasteiger partial charge in [0.25, 0.3) is 0 Å². The van der Waals surface area contributed by atoms with Gasteiger partial charge in [-0.25, -0.2) is 0 Å². The molecule has 1 saturated heterocycles. The first kappa shape index (κ1) is 20.0. The zero-order valence-corrected chi connectivity index (χ0v) is 17.2. The molecule has 30 heavy (non-hydrogen) atoms. The molecule has 154 valence electrons. The van der Waals surface area contributed by atoms with E-state index >= 15 is 0 Å². The van der Waals surface area contributed by atoms with Gasteiger partial charge in [0.05, 0.1) is 7.11 Å². The molecule has 0 bridgehead atoms. The summed E-state index contributed by atoms with van der Waals surface area (Å²) in [6.07, 6.45) is 0. The standard InChI is InChI=1S/C25H27N3O2/c1-30-23-14-8-11-21(19-23)26-25(29)24(20-9-4-2-5-10-20)28-17-15-27(16-18-28)22-12-6-3-7-13-22/h2-14,19,24H,15-18H2,1H3,(H,26,29)/t24-/m1/s1. The summed E-state index contributed by atoms with van der Waals surface area (Å²) in [4.78, 5) is 18.0. The number of rotatable bonds is 6. The number of nitrogens with one attached hydrogen (secondary N) is 1. The number of piperazine rings is 1. The van der Waals surface area contributed by atoms with Crippen LogP contribution in [0.3, 0.4) is 0 Å². The van der Waals surface area contributed by atoms with Gasteiger partial charge in [-0.15, -0.1) is 0 Å². The molecule has 1 N–H and O–H groups in total. The van der Waals surface area contributed by atoms with E-state index in [-0.39, 0.29) is 11.9 Å². The second-order valence-electron chi connectivity index (χ2n) is 7.39. The Balaban J connectivity index is 1.51. The van der Waals surface area contributed by atoms with E-state index in [1.807, 2.05) is 60.7 Å². The third-order valence-corrected chi connectivity index (χ3v) is 5.50. The third kappa shape index (κ3) is 4.63. The molecule has 1 aliphatic heterocycles. The second-order valence-corrected chi connectivity index (χ2v) is 7.39. The highest BCUT2D eigenvalue weighted by Gasteiger charge is 2.30. The average molecular weight is 402 g/mol. The van der Waals surface area contributed by atoms with Crippen molar-refractivity contribution in [2.24, 2.45) is 0 Å². The number of methoxy groups -OCH3 is 1. The number of carbonyl (C=O) groups excluding carboxylic acids is 1. The lowest BCUT2D eigenvalue weighted by Crippen LogP contribution is -2.50. The van der Waals surface area contributed by atoms with E-state index in [1.54, 1.807) is 7.11 Å². The predicted molar refractivity (Wildman–Crippen MR) is 121 cm³/mol. The quantitative estimate of drug-likeness (QED) is 0.673. The molecule has 0 radical (unpaired) electrons. The van der Waals surface area contributed by atoms with Crippen LogP contribution < -0.4 is 15.0 Å². The Morgan fingerprint density at radius 1 is 0.867 bits per heavy atom. The first-order valence-electron chi connectivity index (χ1n) is 10.3. The monoisotopic (exact) mass is 401 g/mol. The normalized spacial score (nSPS) is 15.4. The predicted octanol–water partition coefficient (Wildman–Crippen LogP) is 4.20. The maximum absolute atomic E-state index is 13.4. The van der Waals surface area contributed by atoms with E-state index in [2.05, 4.69) is 39.4 Å². The first-order chi connectivity index (χ1) is 14.7. The Bertz CT molecular complexity index is 954. The highest BCUT2D eigenvalue weighted by atomic mass is 16.5. The number of nitrogens with zero attached hydrogens (tertiary/aromatic N) is 2. The van der Waals surface area contributed by atoms with Crippen LogP contribution in [0.1, 0.15) is 11.6 Å². The molecule has 1 amide bonds. The Kier molecular flexibility index (Phi) is 6.30. The van der Waals surface area contributed by atoms with Crippen LogP contribution in [0.5, 0.6) is 5.75 Å². The van der Waals surface area contributed by atoms with Crippen molar-refractivity contribution in [3.05, 3.63) is 90.5 Å². The van der Waals surface area contributed by atoms with Gasteiger partial charge in [0.15, 0.2) is 0 Å². The number of para-hydroxylation sites is 1. The third-order valence-electron chi connectivity index (χ3n) is 5.50. The first-order valence-corrected chi connectivity index (χ1v) is 10.3. The summed E-state index contributed by atoms with van der Waals surface area (Å²) in [7, 11) is 1.62. The molecule has 5 nitrogen and oxygen atoms in total. The lowest BCUT2D eigenvalue weighted by atomic mass is 10.0. The van der Waals surface area contributed by atoms with Crippen LogP contribution in [0.15, 0.2) is 84.9 Å². The fourth-order valence-electron chi connectivity index (χ4n) is 3.95. The number of hydrogen-bond donors (Lipinski definition) is 1. The van der Waals surface area contributed by atoms with Gasteiger partial charge in [-0.1, -0.05) is 54.6 Å². The molecule has 1 fully saturated rings. The molecule has 3 aromatic rings. The summed E-state index contributed by atoms with van der Waals surface area (Å²) in [5, 5.41) is 3.08. The summed E-state index contributed by atoms with van der Waals surface area (Å²) in [5.41, 5.74) is 2.98. The van der Waals surface area contributed by atoms with Crippen molar-refractivity contribution in [3.63, 3.8) is 0 Å². The number of carbonyl (C=O) groups is 1. The van der Waals surface area contributed by atoms with Crippen molar-refractivity contribution in [1.82, 2.24) is 4.90 Å². The molecule has 5 heteroatoms. The molecule has 1 aliphatic rings. The average Bonchev–Trinajstić information content (AvgIpc) is 2.81. The molecule has 0 saturated carbocycles. The minimum atomic E-state index is -0.338. The van der Waals surface area contributed by atoms with Crippen molar-refractivity contribution in [3.8, 4) is 5.75 Å². The zero-order chi connectivity index (χ0) is 20.8. The SMILES string of the molecule is COc1cccc(NC(=O)[C@@H](c2ccccc2)N2CCN(c3ccccc3)CC2)c1. The Labute approximate surface area is 177 Å². The van der Waals surface area contributed by atoms with Gasteiger partial charge in [-0.3, -0.25) is 9.69 Å². The van der Waals surface area contributed by atoms with Crippen LogP contribution in [0.4, 0.5) is 11.4 Å². The maximum atomic E-state index is 13.4. The van der Waals surface area contributed by atoms with E-state index in [4.69, 9.17) is 4.74 Å². The Hall–Kier alpha value is -3.31. The van der Waals surface area contributed by atoms with Crippen LogP contribution >= 0.6 is 0 Å². The van der Waals surface area contributed by atoms with Crippen molar-refractivity contribution in [2.45, 2.75) is 6.04 Å². The Morgan fingerprint density at radius 2 is 1.53 bits per heavy atom. The molecule has 0 spiro atoms. The lowest BCUT2D eigenvalue weighted by molar-refractivity contribution is -0.121. The molecule has 0 aromatic heterocycles. The molecular formula is C25H27N3O2. The largest absolute Gasteiger partial charge is 0.497 e. The van der Waals surface area contributed by atoms with E-state index < -0.39 is 0 Å². The zero-order valence-electron chi connectivity index (χ0n) is 17.2. The number of hydrogen-bond acceptors (Lipinski definition) is 4.